The third kappa shape index (κ3) is 3.85. The quantitative estimate of drug-likeness (QED) is 0.518. The van der Waals surface area contributed by atoms with Crippen LogP contribution in [-0.2, 0) is 11.3 Å². The first-order chi connectivity index (χ1) is 13.6. The number of aromatic nitrogens is 2. The number of benzene rings is 1. The van der Waals surface area contributed by atoms with Crippen LogP contribution in [0.5, 0.6) is 0 Å². The number of aryl methyl sites for hydroxylation is 1. The highest BCUT2D eigenvalue weighted by atomic mass is 35.5. The molecule has 28 heavy (non-hydrogen) atoms. The Kier molecular flexibility index (Phi) is 5.27. The summed E-state index contributed by atoms with van der Waals surface area (Å²) in [5.74, 6) is -0.667. The fraction of sp³-hybridized carbons (Fsp3) is 0.150. The lowest BCUT2D eigenvalue weighted by Crippen LogP contribution is -2.30. The highest BCUT2D eigenvalue weighted by Crippen LogP contribution is 2.26. The Bertz CT molecular complexity index is 1150. The van der Waals surface area contributed by atoms with Crippen LogP contribution in [0.1, 0.15) is 22.9 Å². The molecule has 1 N–H and O–H groups in total. The van der Waals surface area contributed by atoms with E-state index in [-0.39, 0.29) is 24.9 Å². The van der Waals surface area contributed by atoms with Gasteiger partial charge in [0.2, 0.25) is 5.91 Å². The molecule has 4 aromatic rings. The molecule has 0 bridgehead atoms. The molecule has 6 nitrogen and oxygen atoms in total. The topological polar surface area (TPSA) is 77.1 Å². The number of fused-ring (bicyclic) bond motifs is 1. The molecular formula is C20H16ClN3O3S. The van der Waals surface area contributed by atoms with Crippen LogP contribution in [-0.4, -0.2) is 15.5 Å². The summed E-state index contributed by atoms with van der Waals surface area (Å²) in [7, 11) is 0. The molecule has 1 amide bonds. The molecule has 1 aromatic carbocycles. The molecule has 0 aliphatic heterocycles. The van der Waals surface area contributed by atoms with E-state index < -0.39 is 5.76 Å². The van der Waals surface area contributed by atoms with Crippen LogP contribution in [0.4, 0.5) is 0 Å². The van der Waals surface area contributed by atoms with Gasteiger partial charge in [0.05, 0.1) is 11.6 Å². The molecule has 4 rings (SSSR count). The van der Waals surface area contributed by atoms with E-state index in [1.807, 2.05) is 29.6 Å². The molecule has 0 saturated carbocycles. The second kappa shape index (κ2) is 8.00. The third-order valence-corrected chi connectivity index (χ3v) is 5.54. The number of carbonyl (C=O) groups excluding carboxylic acids is 1. The predicted octanol–water partition coefficient (Wildman–Crippen LogP) is 4.00. The fourth-order valence-corrected chi connectivity index (χ4v) is 3.99. The zero-order chi connectivity index (χ0) is 19.5. The maximum absolute atomic E-state index is 12.6. The van der Waals surface area contributed by atoms with E-state index in [0.717, 1.165) is 10.4 Å². The average Bonchev–Trinajstić information content (AvgIpc) is 3.32. The molecule has 0 aliphatic carbocycles. The lowest BCUT2D eigenvalue weighted by molar-refractivity contribution is -0.121. The highest BCUT2D eigenvalue weighted by Gasteiger charge is 2.18. The highest BCUT2D eigenvalue weighted by molar-refractivity contribution is 7.10. The van der Waals surface area contributed by atoms with Crippen LogP contribution in [0.25, 0.3) is 11.1 Å². The Morgan fingerprint density at radius 2 is 2.07 bits per heavy atom. The van der Waals surface area contributed by atoms with Crippen molar-refractivity contribution in [2.24, 2.45) is 0 Å². The van der Waals surface area contributed by atoms with Crippen molar-refractivity contribution in [3.05, 3.63) is 86.3 Å². The van der Waals surface area contributed by atoms with Crippen LogP contribution < -0.4 is 11.1 Å². The number of oxazole rings is 1. The SMILES string of the molecule is O=C(CCn1c(=O)oc2cc(Cl)ccc21)NC(c1ccncc1)c1cccs1. The Labute approximate surface area is 169 Å². The number of thiophene rings is 1. The molecule has 0 radical (unpaired) electrons. The van der Waals surface area contributed by atoms with Crippen molar-refractivity contribution in [1.29, 1.82) is 0 Å². The van der Waals surface area contributed by atoms with Gasteiger partial charge in [-0.25, -0.2) is 4.79 Å². The van der Waals surface area contributed by atoms with Crippen molar-refractivity contribution in [1.82, 2.24) is 14.9 Å². The molecular weight excluding hydrogens is 398 g/mol. The van der Waals surface area contributed by atoms with Gasteiger partial charge in [0.15, 0.2) is 5.58 Å². The first-order valence-electron chi connectivity index (χ1n) is 8.63. The summed E-state index contributed by atoms with van der Waals surface area (Å²) in [5, 5.41) is 5.51. The Balaban J connectivity index is 1.51. The number of hydrogen-bond acceptors (Lipinski definition) is 5. The summed E-state index contributed by atoms with van der Waals surface area (Å²) in [6.07, 6.45) is 3.54. The van der Waals surface area contributed by atoms with Gasteiger partial charge in [0, 0.05) is 41.3 Å². The molecule has 0 saturated heterocycles. The standard InChI is InChI=1S/C20H16ClN3O3S/c21-14-3-4-15-16(12-14)27-20(26)24(15)10-7-18(25)23-19(17-2-1-11-28-17)13-5-8-22-9-6-13/h1-6,8-9,11-12,19H,7,10H2,(H,23,25). The van der Waals surface area contributed by atoms with E-state index in [4.69, 9.17) is 16.0 Å². The van der Waals surface area contributed by atoms with E-state index >= 15 is 0 Å². The Hall–Kier alpha value is -2.90. The zero-order valence-corrected chi connectivity index (χ0v) is 16.2. The summed E-state index contributed by atoms with van der Waals surface area (Å²) in [4.78, 5) is 29.8. The lowest BCUT2D eigenvalue weighted by atomic mass is 10.1. The molecule has 0 fully saturated rings. The van der Waals surface area contributed by atoms with Crippen LogP contribution in [0, 0.1) is 0 Å². The number of nitrogens with one attached hydrogen (secondary N) is 1. The monoisotopic (exact) mass is 413 g/mol. The minimum Gasteiger partial charge on any atom is -0.408 e. The smallest absolute Gasteiger partial charge is 0.408 e. The maximum Gasteiger partial charge on any atom is 0.419 e. The first-order valence-corrected chi connectivity index (χ1v) is 9.89. The van der Waals surface area contributed by atoms with E-state index in [2.05, 4.69) is 10.3 Å². The number of nitrogens with zero attached hydrogens (tertiary/aromatic N) is 2. The minimum atomic E-state index is -0.506. The summed E-state index contributed by atoms with van der Waals surface area (Å²) >= 11 is 7.50. The van der Waals surface area contributed by atoms with Gasteiger partial charge >= 0.3 is 5.76 Å². The second-order valence-electron chi connectivity index (χ2n) is 6.18. The van der Waals surface area contributed by atoms with Crippen LogP contribution in [0.3, 0.4) is 0 Å². The van der Waals surface area contributed by atoms with Gasteiger partial charge in [-0.15, -0.1) is 11.3 Å². The maximum atomic E-state index is 12.6. The summed E-state index contributed by atoms with van der Waals surface area (Å²) in [5.41, 5.74) is 1.98. The number of rotatable bonds is 6. The minimum absolute atomic E-state index is 0.143. The number of amides is 1. The van der Waals surface area contributed by atoms with Crippen molar-refractivity contribution in [2.75, 3.05) is 0 Å². The zero-order valence-electron chi connectivity index (χ0n) is 14.7. The van der Waals surface area contributed by atoms with Crippen LogP contribution in [0.15, 0.2) is 69.5 Å². The molecule has 3 aromatic heterocycles. The molecule has 1 atom stereocenters. The molecule has 0 aliphatic rings. The largest absolute Gasteiger partial charge is 0.419 e. The van der Waals surface area contributed by atoms with Crippen molar-refractivity contribution in [3.63, 3.8) is 0 Å². The Morgan fingerprint density at radius 3 is 2.82 bits per heavy atom. The predicted molar refractivity (Wildman–Crippen MR) is 109 cm³/mol. The van der Waals surface area contributed by atoms with E-state index in [1.165, 1.54) is 4.57 Å². The number of hydrogen-bond donors (Lipinski definition) is 1. The summed E-state index contributed by atoms with van der Waals surface area (Å²) < 4.78 is 6.65. The van der Waals surface area contributed by atoms with Gasteiger partial charge < -0.3 is 9.73 Å². The average molecular weight is 414 g/mol. The van der Waals surface area contributed by atoms with Crippen LogP contribution >= 0.6 is 22.9 Å². The number of pyridine rings is 1. The fourth-order valence-electron chi connectivity index (χ4n) is 3.03. The van der Waals surface area contributed by atoms with Gasteiger partial charge in [0.25, 0.3) is 0 Å². The third-order valence-electron chi connectivity index (χ3n) is 4.37. The van der Waals surface area contributed by atoms with Gasteiger partial charge in [-0.05, 0) is 41.3 Å². The molecule has 8 heteroatoms. The van der Waals surface area contributed by atoms with Crippen LogP contribution in [0.2, 0.25) is 5.02 Å². The lowest BCUT2D eigenvalue weighted by Gasteiger charge is -2.18. The van der Waals surface area contributed by atoms with Crippen molar-refractivity contribution >= 4 is 39.9 Å². The molecule has 142 valence electrons. The first kappa shape index (κ1) is 18.5. The molecule has 3 heterocycles. The van der Waals surface area contributed by atoms with E-state index in [1.54, 1.807) is 41.9 Å². The molecule has 0 spiro atoms. The molecule has 1 unspecified atom stereocenters. The van der Waals surface area contributed by atoms with Gasteiger partial charge in [-0.3, -0.25) is 14.3 Å². The normalized spacial score (nSPS) is 12.2. The van der Waals surface area contributed by atoms with Crippen molar-refractivity contribution in [3.8, 4) is 0 Å². The van der Waals surface area contributed by atoms with Gasteiger partial charge in [0.1, 0.15) is 0 Å². The van der Waals surface area contributed by atoms with Crippen molar-refractivity contribution in [2.45, 2.75) is 19.0 Å². The summed E-state index contributed by atoms with van der Waals surface area (Å²) in [6.45, 7) is 0.215. The number of carbonyl (C=O) groups is 1. The van der Waals surface area contributed by atoms with E-state index in [9.17, 15) is 9.59 Å². The van der Waals surface area contributed by atoms with Gasteiger partial charge in [-0.2, -0.15) is 0 Å². The van der Waals surface area contributed by atoms with Gasteiger partial charge in [-0.1, -0.05) is 17.7 Å². The summed E-state index contributed by atoms with van der Waals surface area (Å²) in [6, 6.07) is 12.4. The van der Waals surface area contributed by atoms with Crippen molar-refractivity contribution < 1.29 is 9.21 Å². The van der Waals surface area contributed by atoms with E-state index in [0.29, 0.717) is 16.1 Å². The Morgan fingerprint density at radius 1 is 1.25 bits per heavy atom. The second-order valence-corrected chi connectivity index (χ2v) is 7.59. The number of halogens is 1.